The zero-order valence-electron chi connectivity index (χ0n) is 26.5. The van der Waals surface area contributed by atoms with Crippen LogP contribution in [0, 0.1) is 0 Å². The van der Waals surface area contributed by atoms with Gasteiger partial charge in [0, 0.05) is 80.6 Å². The maximum atomic E-state index is 13.1. The molecule has 1 aliphatic carbocycles. The molecule has 3 fully saturated rings. The maximum Gasteiger partial charge on any atom is 0.323 e. The van der Waals surface area contributed by atoms with Crippen molar-refractivity contribution >= 4 is 40.2 Å². The summed E-state index contributed by atoms with van der Waals surface area (Å²) >= 11 is 0. The van der Waals surface area contributed by atoms with Gasteiger partial charge in [-0.25, -0.2) is 14.8 Å². The number of ether oxygens (including phenoxy) is 1. The Morgan fingerprint density at radius 1 is 0.826 bits per heavy atom. The molecule has 3 aliphatic rings. The highest BCUT2D eigenvalue weighted by Crippen LogP contribution is 2.30. The van der Waals surface area contributed by atoms with Crippen LogP contribution in [-0.4, -0.2) is 94.8 Å². The van der Waals surface area contributed by atoms with Crippen molar-refractivity contribution in [3.8, 4) is 11.4 Å². The van der Waals surface area contributed by atoms with Gasteiger partial charge in [-0.3, -0.25) is 9.69 Å². The van der Waals surface area contributed by atoms with Gasteiger partial charge in [-0.05, 0) is 74.4 Å². The first kappa shape index (κ1) is 30.2. The molecule has 0 unspecified atom stereocenters. The normalized spacial score (nSPS) is 17.8. The minimum atomic E-state index is -0.358. The Kier molecular flexibility index (Phi) is 8.85. The average Bonchev–Trinajstić information content (AvgIpc) is 3.80. The molecule has 0 radical (unpaired) electrons. The Labute approximate surface area is 269 Å². The van der Waals surface area contributed by atoms with E-state index in [9.17, 15) is 9.59 Å². The predicted octanol–water partition coefficient (Wildman–Crippen LogP) is 5.30. The Morgan fingerprint density at radius 2 is 1.48 bits per heavy atom. The summed E-state index contributed by atoms with van der Waals surface area (Å²) in [6, 6.07) is 17.1. The first-order chi connectivity index (χ1) is 22.6. The van der Waals surface area contributed by atoms with Gasteiger partial charge in [0.05, 0.1) is 18.6 Å². The molecule has 0 atom stereocenters. The monoisotopic (exact) mass is 622 g/mol. The summed E-state index contributed by atoms with van der Waals surface area (Å²) in [5.74, 6) is 1.61. The lowest BCUT2D eigenvalue weighted by molar-refractivity contribution is 0.0573. The molecule has 0 spiro atoms. The number of rotatable bonds is 7. The molecule has 2 N–H and O–H groups in total. The zero-order chi connectivity index (χ0) is 31.5. The summed E-state index contributed by atoms with van der Waals surface area (Å²) < 4.78 is 7.69. The molecule has 11 heteroatoms. The minimum Gasteiger partial charge on any atom is -0.378 e. The number of nitrogens with zero attached hydrogens (tertiary/aromatic N) is 6. The number of morpholine rings is 1. The molecule has 2 saturated heterocycles. The van der Waals surface area contributed by atoms with Gasteiger partial charge in [0.15, 0.2) is 5.82 Å². The highest BCUT2D eigenvalue weighted by atomic mass is 16.5. The van der Waals surface area contributed by atoms with E-state index in [1.54, 1.807) is 24.3 Å². The average molecular weight is 623 g/mol. The second-order valence-corrected chi connectivity index (χ2v) is 12.3. The number of aromatic nitrogens is 3. The third-order valence-electron chi connectivity index (χ3n) is 9.48. The van der Waals surface area contributed by atoms with Crippen LogP contribution < -0.4 is 15.5 Å². The molecule has 1 saturated carbocycles. The first-order valence-corrected chi connectivity index (χ1v) is 16.6. The molecule has 2 aliphatic heterocycles. The van der Waals surface area contributed by atoms with Gasteiger partial charge in [0.1, 0.15) is 11.5 Å². The minimum absolute atomic E-state index is 0.0465. The van der Waals surface area contributed by atoms with Gasteiger partial charge >= 0.3 is 6.03 Å². The van der Waals surface area contributed by atoms with Crippen LogP contribution in [0.5, 0.6) is 0 Å². The molecular weight excluding hydrogens is 580 g/mol. The number of carbonyl (C=O) groups excluding carboxylic acids is 2. The molecule has 240 valence electrons. The van der Waals surface area contributed by atoms with Crippen molar-refractivity contribution in [2.24, 2.45) is 0 Å². The number of fused-ring (bicyclic) bond motifs is 1. The van der Waals surface area contributed by atoms with Gasteiger partial charge < -0.3 is 29.7 Å². The van der Waals surface area contributed by atoms with Gasteiger partial charge in [-0.15, -0.1) is 0 Å². The number of aryl methyl sites for hydroxylation is 1. The van der Waals surface area contributed by atoms with Crippen LogP contribution in [0.2, 0.25) is 0 Å². The van der Waals surface area contributed by atoms with Crippen molar-refractivity contribution in [3.63, 3.8) is 0 Å². The summed E-state index contributed by atoms with van der Waals surface area (Å²) in [6.45, 7) is 9.28. The number of piperazine rings is 1. The van der Waals surface area contributed by atoms with Crippen LogP contribution in [0.25, 0.3) is 22.4 Å². The lowest BCUT2D eigenvalue weighted by Gasteiger charge is -2.38. The number of nitrogens with one attached hydrogen (secondary N) is 2. The summed E-state index contributed by atoms with van der Waals surface area (Å²) in [5, 5.41) is 6.80. The SMILES string of the molecule is CCn1ccc2c(N3CCOCC3)nc(-c3ccc(NC(=O)Nc4ccc(C(=O)N5CCN(C6CCCC6)CC5)cc4)cc3)nc21. The molecule has 0 bridgehead atoms. The molecule has 4 heterocycles. The van der Waals surface area contributed by atoms with Gasteiger partial charge in [-0.2, -0.15) is 0 Å². The van der Waals surface area contributed by atoms with E-state index in [2.05, 4.69) is 44.2 Å². The molecule has 46 heavy (non-hydrogen) atoms. The third-order valence-corrected chi connectivity index (χ3v) is 9.48. The van der Waals surface area contributed by atoms with Gasteiger partial charge in [0.25, 0.3) is 5.91 Å². The van der Waals surface area contributed by atoms with Crippen LogP contribution in [0.4, 0.5) is 22.0 Å². The quantitative estimate of drug-likeness (QED) is 0.288. The number of anilines is 3. The van der Waals surface area contributed by atoms with Crippen molar-refractivity contribution < 1.29 is 14.3 Å². The van der Waals surface area contributed by atoms with E-state index >= 15 is 0 Å². The number of benzene rings is 2. The lowest BCUT2D eigenvalue weighted by Crippen LogP contribution is -2.51. The van der Waals surface area contributed by atoms with Crippen LogP contribution in [0.15, 0.2) is 60.8 Å². The van der Waals surface area contributed by atoms with E-state index < -0.39 is 0 Å². The molecule has 2 aromatic heterocycles. The summed E-state index contributed by atoms with van der Waals surface area (Å²) in [6.07, 6.45) is 7.29. The van der Waals surface area contributed by atoms with Crippen molar-refractivity contribution in [2.75, 3.05) is 68.0 Å². The van der Waals surface area contributed by atoms with Crippen molar-refractivity contribution in [1.29, 1.82) is 0 Å². The summed E-state index contributed by atoms with van der Waals surface area (Å²) in [7, 11) is 0. The van der Waals surface area contributed by atoms with Gasteiger partial charge in [0.2, 0.25) is 0 Å². The second kappa shape index (κ2) is 13.5. The smallest absolute Gasteiger partial charge is 0.323 e. The van der Waals surface area contributed by atoms with Crippen LogP contribution in [0.3, 0.4) is 0 Å². The largest absolute Gasteiger partial charge is 0.378 e. The number of carbonyl (C=O) groups is 2. The van der Waals surface area contributed by atoms with Crippen LogP contribution >= 0.6 is 0 Å². The molecule has 3 amide bonds. The highest BCUT2D eigenvalue weighted by molar-refractivity contribution is 6.00. The van der Waals surface area contributed by atoms with E-state index in [4.69, 9.17) is 14.7 Å². The Balaban J connectivity index is 0.966. The second-order valence-electron chi connectivity index (χ2n) is 12.3. The van der Waals surface area contributed by atoms with E-state index in [1.165, 1.54) is 25.7 Å². The zero-order valence-corrected chi connectivity index (χ0v) is 26.5. The van der Waals surface area contributed by atoms with E-state index in [0.717, 1.165) is 68.2 Å². The fraction of sp³-hybridized carbons (Fsp3) is 0.429. The Bertz CT molecular complexity index is 1670. The fourth-order valence-corrected chi connectivity index (χ4v) is 6.88. The van der Waals surface area contributed by atoms with Crippen LogP contribution in [-0.2, 0) is 11.3 Å². The first-order valence-electron chi connectivity index (χ1n) is 16.6. The Morgan fingerprint density at radius 3 is 2.13 bits per heavy atom. The summed E-state index contributed by atoms with van der Waals surface area (Å²) in [4.78, 5) is 42.6. The standard InChI is InChI=1S/C35H42N8O3/c1-2-40-16-15-30-32(40)38-31(39-33(30)42-21-23-46-24-22-42)25-7-11-27(12-8-25)36-35(45)37-28-13-9-26(10-14-28)34(44)43-19-17-41(18-20-43)29-5-3-4-6-29/h7-16,29H,2-6,17-24H2,1H3,(H2,36,37,45). The molecule has 4 aromatic rings. The number of hydrogen-bond acceptors (Lipinski definition) is 7. The molecule has 7 rings (SSSR count). The van der Waals surface area contributed by atoms with E-state index in [0.29, 0.717) is 42.0 Å². The number of amides is 3. The lowest BCUT2D eigenvalue weighted by atomic mass is 10.1. The molecular formula is C35H42N8O3. The molecule has 2 aromatic carbocycles. The van der Waals surface area contributed by atoms with Crippen molar-refractivity contribution in [2.45, 2.75) is 45.2 Å². The highest BCUT2D eigenvalue weighted by Gasteiger charge is 2.28. The van der Waals surface area contributed by atoms with Crippen molar-refractivity contribution in [3.05, 3.63) is 66.4 Å². The Hall–Kier alpha value is -4.48. The van der Waals surface area contributed by atoms with E-state index in [1.807, 2.05) is 29.2 Å². The van der Waals surface area contributed by atoms with E-state index in [-0.39, 0.29) is 11.9 Å². The topological polar surface area (TPSA) is 108 Å². The van der Waals surface area contributed by atoms with Gasteiger partial charge in [-0.1, -0.05) is 12.8 Å². The summed E-state index contributed by atoms with van der Waals surface area (Å²) in [5.41, 5.74) is 3.68. The van der Waals surface area contributed by atoms with Crippen LogP contribution in [0.1, 0.15) is 43.0 Å². The fourth-order valence-electron chi connectivity index (χ4n) is 6.88. The predicted molar refractivity (Wildman–Crippen MR) is 180 cm³/mol. The van der Waals surface area contributed by atoms with Crippen molar-refractivity contribution in [1.82, 2.24) is 24.3 Å². The third kappa shape index (κ3) is 6.43. The molecule has 11 nitrogen and oxygen atoms in total. The maximum absolute atomic E-state index is 13.1. The number of hydrogen-bond donors (Lipinski definition) is 2. The number of urea groups is 1.